The summed E-state index contributed by atoms with van der Waals surface area (Å²) in [4.78, 5) is 21.6. The van der Waals surface area contributed by atoms with E-state index in [1.165, 1.54) is 34.4 Å². The summed E-state index contributed by atoms with van der Waals surface area (Å²) < 4.78 is 5.57. The molecule has 1 aromatic carbocycles. The van der Waals surface area contributed by atoms with Crippen molar-refractivity contribution in [2.45, 2.75) is 51.5 Å². The van der Waals surface area contributed by atoms with Crippen molar-refractivity contribution in [2.24, 2.45) is 0 Å². The normalized spacial score (nSPS) is 19.2. The van der Waals surface area contributed by atoms with Crippen LogP contribution in [0.15, 0.2) is 34.9 Å². The average Bonchev–Trinajstić information content (AvgIpc) is 3.41. The molecule has 1 saturated heterocycles. The Bertz CT molecular complexity index is 999. The maximum absolute atomic E-state index is 12.5. The van der Waals surface area contributed by atoms with E-state index in [0.717, 1.165) is 17.7 Å². The molecule has 1 fully saturated rings. The van der Waals surface area contributed by atoms with E-state index in [1.54, 1.807) is 11.3 Å². The molecule has 28 heavy (non-hydrogen) atoms. The number of hydrogen-bond acceptors (Lipinski definition) is 5. The second kappa shape index (κ2) is 7.17. The molecular formula is C22H23N3O2S. The van der Waals surface area contributed by atoms with E-state index < -0.39 is 0 Å². The van der Waals surface area contributed by atoms with Gasteiger partial charge in [0, 0.05) is 30.3 Å². The summed E-state index contributed by atoms with van der Waals surface area (Å²) in [6.45, 7) is 3.37. The van der Waals surface area contributed by atoms with Crippen LogP contribution in [0.5, 0.6) is 0 Å². The van der Waals surface area contributed by atoms with Gasteiger partial charge in [-0.05, 0) is 55.4 Å². The van der Waals surface area contributed by atoms with Gasteiger partial charge in [-0.3, -0.25) is 4.79 Å². The Morgan fingerprint density at radius 1 is 1.25 bits per heavy atom. The molecule has 1 atom stereocenters. The molecule has 1 aliphatic heterocycles. The number of likely N-dealkylation sites (tertiary alicyclic amines) is 1. The number of benzene rings is 1. The van der Waals surface area contributed by atoms with Crippen LogP contribution in [0.2, 0.25) is 0 Å². The summed E-state index contributed by atoms with van der Waals surface area (Å²) in [6.07, 6.45) is 5.29. The van der Waals surface area contributed by atoms with Gasteiger partial charge in [-0.1, -0.05) is 29.4 Å². The maximum Gasteiger partial charge on any atom is 0.268 e. The lowest BCUT2D eigenvalue weighted by molar-refractivity contribution is -0.128. The molecule has 1 aliphatic carbocycles. The molecule has 6 heteroatoms. The third-order valence-electron chi connectivity index (χ3n) is 5.85. The van der Waals surface area contributed by atoms with E-state index in [9.17, 15) is 4.79 Å². The van der Waals surface area contributed by atoms with E-state index in [0.29, 0.717) is 31.2 Å². The van der Waals surface area contributed by atoms with Gasteiger partial charge in [0.1, 0.15) is 0 Å². The average molecular weight is 394 g/mol. The first-order valence-corrected chi connectivity index (χ1v) is 10.8. The van der Waals surface area contributed by atoms with Gasteiger partial charge in [0.2, 0.25) is 5.91 Å². The predicted molar refractivity (Wildman–Crippen MR) is 108 cm³/mol. The van der Waals surface area contributed by atoms with Crippen LogP contribution in [0.3, 0.4) is 0 Å². The SMILES string of the molecule is Cc1ccccc1CN1CC(c2noc(-c3cc4c(s3)CCCC4)n2)CC1=O. The molecule has 5 nitrogen and oxygen atoms in total. The lowest BCUT2D eigenvalue weighted by atomic mass is 9.99. The molecule has 0 bridgehead atoms. The van der Waals surface area contributed by atoms with Gasteiger partial charge in [0.25, 0.3) is 5.89 Å². The second-order valence-electron chi connectivity index (χ2n) is 7.83. The number of aryl methyl sites for hydroxylation is 3. The van der Waals surface area contributed by atoms with Crippen molar-refractivity contribution in [3.8, 4) is 10.8 Å². The largest absolute Gasteiger partial charge is 0.338 e. The molecule has 3 aromatic rings. The fourth-order valence-corrected chi connectivity index (χ4v) is 5.36. The number of aromatic nitrogens is 2. The molecule has 5 rings (SSSR count). The molecule has 1 amide bonds. The summed E-state index contributed by atoms with van der Waals surface area (Å²) in [5.41, 5.74) is 3.84. The minimum Gasteiger partial charge on any atom is -0.338 e. The molecule has 144 valence electrons. The van der Waals surface area contributed by atoms with Crippen molar-refractivity contribution < 1.29 is 9.32 Å². The van der Waals surface area contributed by atoms with Crippen LogP contribution in [0, 0.1) is 6.92 Å². The molecule has 0 saturated carbocycles. The molecule has 3 heterocycles. The van der Waals surface area contributed by atoms with Gasteiger partial charge in [-0.15, -0.1) is 11.3 Å². The summed E-state index contributed by atoms with van der Waals surface area (Å²) in [5, 5.41) is 4.22. The van der Waals surface area contributed by atoms with Gasteiger partial charge >= 0.3 is 0 Å². The van der Waals surface area contributed by atoms with Gasteiger partial charge in [-0.25, -0.2) is 0 Å². The van der Waals surface area contributed by atoms with Crippen LogP contribution < -0.4 is 0 Å². The number of hydrogen-bond donors (Lipinski definition) is 0. The standard InChI is InChI=1S/C22H23N3O2S/c1-14-6-2-3-8-16(14)12-25-13-17(11-20(25)26)21-23-22(27-24-21)19-10-15-7-4-5-9-18(15)28-19/h2-3,6,8,10,17H,4-5,7,9,11-13H2,1H3. The number of nitrogens with zero attached hydrogens (tertiary/aromatic N) is 3. The second-order valence-corrected chi connectivity index (χ2v) is 8.96. The van der Waals surface area contributed by atoms with E-state index in [4.69, 9.17) is 4.52 Å². The highest BCUT2D eigenvalue weighted by atomic mass is 32.1. The molecule has 0 radical (unpaired) electrons. The third kappa shape index (κ3) is 3.26. The molecule has 2 aliphatic rings. The summed E-state index contributed by atoms with van der Waals surface area (Å²) in [6, 6.07) is 10.4. The van der Waals surface area contributed by atoms with Crippen LogP contribution in [-0.4, -0.2) is 27.5 Å². The van der Waals surface area contributed by atoms with Crippen LogP contribution in [0.4, 0.5) is 0 Å². The highest BCUT2D eigenvalue weighted by Crippen LogP contribution is 2.36. The summed E-state index contributed by atoms with van der Waals surface area (Å²) in [7, 11) is 0. The van der Waals surface area contributed by atoms with E-state index >= 15 is 0 Å². The first-order chi connectivity index (χ1) is 13.7. The zero-order valence-corrected chi connectivity index (χ0v) is 16.8. The topological polar surface area (TPSA) is 59.2 Å². The highest BCUT2D eigenvalue weighted by Gasteiger charge is 2.34. The van der Waals surface area contributed by atoms with Gasteiger partial charge in [0.15, 0.2) is 5.82 Å². The molecule has 0 spiro atoms. The zero-order valence-electron chi connectivity index (χ0n) is 16.0. The van der Waals surface area contributed by atoms with E-state index in [2.05, 4.69) is 35.3 Å². The Morgan fingerprint density at radius 2 is 2.11 bits per heavy atom. The lowest BCUT2D eigenvalue weighted by Gasteiger charge is -2.17. The van der Waals surface area contributed by atoms with Crippen molar-refractivity contribution in [3.05, 3.63) is 57.7 Å². The van der Waals surface area contributed by atoms with Gasteiger partial charge in [-0.2, -0.15) is 4.98 Å². The Kier molecular flexibility index (Phi) is 4.51. The monoisotopic (exact) mass is 393 g/mol. The lowest BCUT2D eigenvalue weighted by Crippen LogP contribution is -2.24. The fraction of sp³-hybridized carbons (Fsp3) is 0.409. The van der Waals surface area contributed by atoms with Crippen molar-refractivity contribution in [1.82, 2.24) is 15.0 Å². The highest BCUT2D eigenvalue weighted by molar-refractivity contribution is 7.15. The predicted octanol–water partition coefficient (Wildman–Crippen LogP) is 4.50. The minimum absolute atomic E-state index is 0.00334. The van der Waals surface area contributed by atoms with Gasteiger partial charge < -0.3 is 9.42 Å². The number of carbonyl (C=O) groups excluding carboxylic acids is 1. The summed E-state index contributed by atoms with van der Waals surface area (Å²) in [5.74, 6) is 1.41. The number of fused-ring (bicyclic) bond motifs is 1. The first kappa shape index (κ1) is 17.6. The maximum atomic E-state index is 12.5. The molecule has 2 aromatic heterocycles. The Balaban J connectivity index is 1.32. The molecule has 1 unspecified atom stereocenters. The van der Waals surface area contributed by atoms with Crippen LogP contribution in [0.1, 0.15) is 52.6 Å². The number of carbonyl (C=O) groups is 1. The number of amides is 1. The molecular weight excluding hydrogens is 370 g/mol. The Hall–Kier alpha value is -2.47. The van der Waals surface area contributed by atoms with Crippen molar-refractivity contribution in [2.75, 3.05) is 6.54 Å². The van der Waals surface area contributed by atoms with Crippen molar-refractivity contribution in [3.63, 3.8) is 0 Å². The Labute approximate surface area is 168 Å². The molecule has 0 N–H and O–H groups in total. The first-order valence-electron chi connectivity index (χ1n) is 9.95. The third-order valence-corrected chi connectivity index (χ3v) is 7.08. The number of thiophene rings is 1. The number of rotatable bonds is 4. The smallest absolute Gasteiger partial charge is 0.268 e. The minimum atomic E-state index is 0.00334. The summed E-state index contributed by atoms with van der Waals surface area (Å²) >= 11 is 1.78. The van der Waals surface area contributed by atoms with Crippen LogP contribution >= 0.6 is 11.3 Å². The van der Waals surface area contributed by atoms with Crippen LogP contribution in [0.25, 0.3) is 10.8 Å². The fourth-order valence-electron chi connectivity index (χ4n) is 4.19. The Morgan fingerprint density at radius 3 is 2.96 bits per heavy atom. The van der Waals surface area contributed by atoms with Gasteiger partial charge in [0.05, 0.1) is 4.88 Å². The van der Waals surface area contributed by atoms with Crippen molar-refractivity contribution in [1.29, 1.82) is 0 Å². The van der Waals surface area contributed by atoms with E-state index in [-0.39, 0.29) is 11.8 Å². The quantitative estimate of drug-likeness (QED) is 0.655. The van der Waals surface area contributed by atoms with E-state index in [1.807, 2.05) is 17.0 Å². The van der Waals surface area contributed by atoms with Crippen molar-refractivity contribution >= 4 is 17.2 Å². The van der Waals surface area contributed by atoms with Crippen LogP contribution in [-0.2, 0) is 24.2 Å². The zero-order chi connectivity index (χ0) is 19.1.